The maximum Gasteiger partial charge on any atom is 0.215 e. The zero-order valence-electron chi connectivity index (χ0n) is 19.6. The fourth-order valence-electron chi connectivity index (χ4n) is 4.37. The highest BCUT2D eigenvalue weighted by molar-refractivity contribution is 5.41. The van der Waals surface area contributed by atoms with Gasteiger partial charge in [0.2, 0.25) is 5.88 Å². The Morgan fingerprint density at radius 2 is 1.85 bits per heavy atom. The predicted molar refractivity (Wildman–Crippen MR) is 124 cm³/mol. The Morgan fingerprint density at radius 3 is 2.50 bits per heavy atom. The van der Waals surface area contributed by atoms with E-state index in [4.69, 9.17) is 4.74 Å². The number of pyridine rings is 1. The van der Waals surface area contributed by atoms with Gasteiger partial charge in [0.25, 0.3) is 0 Å². The number of ether oxygens (including phenoxy) is 1. The van der Waals surface area contributed by atoms with Gasteiger partial charge in [0.05, 0.1) is 12.6 Å². The van der Waals surface area contributed by atoms with Crippen LogP contribution in [-0.2, 0) is 12.1 Å². The minimum absolute atomic E-state index is 0.0208. The molecule has 0 bridgehead atoms. The first-order chi connectivity index (χ1) is 16.3. The second-order valence-corrected chi connectivity index (χ2v) is 8.84. The Balaban J connectivity index is 1.52. The molecule has 34 heavy (non-hydrogen) atoms. The number of nitrogens with zero attached hydrogens (tertiary/aromatic N) is 6. The van der Waals surface area contributed by atoms with Crippen molar-refractivity contribution in [3.8, 4) is 5.88 Å². The van der Waals surface area contributed by atoms with Crippen LogP contribution < -0.4 is 9.64 Å². The van der Waals surface area contributed by atoms with Crippen molar-refractivity contribution in [3.63, 3.8) is 0 Å². The molecule has 0 radical (unpaired) electrons. The van der Waals surface area contributed by atoms with Crippen molar-refractivity contribution in [3.05, 3.63) is 66.3 Å². The normalized spacial score (nSPS) is 17.6. The van der Waals surface area contributed by atoms with Crippen molar-refractivity contribution in [2.24, 2.45) is 0 Å². The van der Waals surface area contributed by atoms with E-state index in [2.05, 4.69) is 24.9 Å². The molecule has 1 saturated heterocycles. The zero-order chi connectivity index (χ0) is 24.3. The van der Waals surface area contributed by atoms with Crippen LogP contribution in [0.5, 0.6) is 5.88 Å². The monoisotopic (exact) mass is 472 g/mol. The van der Waals surface area contributed by atoms with Gasteiger partial charge in [-0.3, -0.25) is 4.90 Å². The lowest BCUT2D eigenvalue weighted by molar-refractivity contribution is -0.0650. The summed E-state index contributed by atoms with van der Waals surface area (Å²) in [6.45, 7) is 8.35. The summed E-state index contributed by atoms with van der Waals surface area (Å²) in [5, 5.41) is 15.9. The minimum Gasteiger partial charge on any atom is -0.475 e. The van der Waals surface area contributed by atoms with Gasteiger partial charge in [-0.15, -0.1) is 0 Å². The molecule has 1 aliphatic rings. The number of halogens is 2. The van der Waals surface area contributed by atoms with Crippen molar-refractivity contribution in [1.82, 2.24) is 24.6 Å². The molecule has 10 heteroatoms. The first kappa shape index (κ1) is 24.0. The third kappa shape index (κ3) is 5.18. The fourth-order valence-corrected chi connectivity index (χ4v) is 4.37. The van der Waals surface area contributed by atoms with Crippen LogP contribution in [0.3, 0.4) is 0 Å². The molecule has 0 saturated carbocycles. The minimum atomic E-state index is -1.66. The van der Waals surface area contributed by atoms with E-state index in [9.17, 15) is 13.9 Å². The summed E-state index contributed by atoms with van der Waals surface area (Å²) in [7, 11) is 0. The smallest absolute Gasteiger partial charge is 0.215 e. The first-order valence-corrected chi connectivity index (χ1v) is 11.4. The summed E-state index contributed by atoms with van der Waals surface area (Å²) in [4.78, 5) is 12.8. The molecule has 1 aromatic carbocycles. The second kappa shape index (κ2) is 10.0. The van der Waals surface area contributed by atoms with E-state index in [0.29, 0.717) is 32.1 Å². The molecule has 1 fully saturated rings. The number of hydrogen-bond donors (Lipinski definition) is 1. The number of rotatable bonds is 8. The van der Waals surface area contributed by atoms with Crippen LogP contribution in [0.1, 0.15) is 26.3 Å². The summed E-state index contributed by atoms with van der Waals surface area (Å²) in [5.41, 5.74) is -1.63. The number of aromatic nitrogens is 4. The molecule has 3 heterocycles. The highest BCUT2D eigenvalue weighted by Crippen LogP contribution is 2.33. The number of benzene rings is 1. The molecule has 8 nitrogen and oxygen atoms in total. The third-order valence-corrected chi connectivity index (χ3v) is 6.21. The van der Waals surface area contributed by atoms with Gasteiger partial charge in [-0.25, -0.2) is 18.4 Å². The van der Waals surface area contributed by atoms with Crippen LogP contribution in [0.4, 0.5) is 14.6 Å². The van der Waals surface area contributed by atoms with E-state index in [1.54, 1.807) is 0 Å². The molecule has 0 spiro atoms. The van der Waals surface area contributed by atoms with E-state index < -0.39 is 23.3 Å². The van der Waals surface area contributed by atoms with Gasteiger partial charge in [-0.2, -0.15) is 10.1 Å². The van der Waals surface area contributed by atoms with Crippen LogP contribution in [0, 0.1) is 11.6 Å². The van der Waals surface area contributed by atoms with Gasteiger partial charge in [0.15, 0.2) is 0 Å². The molecule has 0 aliphatic carbocycles. The maximum absolute atomic E-state index is 14.8. The van der Waals surface area contributed by atoms with Crippen LogP contribution in [-0.4, -0.2) is 68.1 Å². The summed E-state index contributed by atoms with van der Waals surface area (Å²) in [6, 6.07) is 8.48. The quantitative estimate of drug-likeness (QED) is 0.540. The van der Waals surface area contributed by atoms with Gasteiger partial charge < -0.3 is 14.7 Å². The van der Waals surface area contributed by atoms with Crippen LogP contribution in [0.2, 0.25) is 0 Å². The third-order valence-electron chi connectivity index (χ3n) is 6.21. The Kier molecular flexibility index (Phi) is 7.08. The summed E-state index contributed by atoms with van der Waals surface area (Å²) in [5.74, 6) is -0.0775. The van der Waals surface area contributed by atoms with Gasteiger partial charge in [-0.05, 0) is 32.9 Å². The second-order valence-electron chi connectivity index (χ2n) is 8.84. The van der Waals surface area contributed by atoms with Crippen LogP contribution in [0.15, 0.2) is 49.1 Å². The molecule has 182 valence electrons. The van der Waals surface area contributed by atoms with E-state index in [-0.39, 0.29) is 18.2 Å². The first-order valence-electron chi connectivity index (χ1n) is 11.4. The fraction of sp³-hybridized carbons (Fsp3) is 0.458. The van der Waals surface area contributed by atoms with Gasteiger partial charge in [0, 0.05) is 49.9 Å². The summed E-state index contributed by atoms with van der Waals surface area (Å²) in [6.07, 6.45) is 2.86. The Bertz CT molecular complexity index is 1090. The molecule has 1 aliphatic heterocycles. The number of anilines is 1. The summed E-state index contributed by atoms with van der Waals surface area (Å²) >= 11 is 0. The van der Waals surface area contributed by atoms with Gasteiger partial charge in [-0.1, -0.05) is 12.1 Å². The average Bonchev–Trinajstić information content (AvgIpc) is 3.31. The lowest BCUT2D eigenvalue weighted by Gasteiger charge is -2.45. The molecule has 3 aromatic rings. The van der Waals surface area contributed by atoms with Gasteiger partial charge in [0.1, 0.15) is 35.7 Å². The zero-order valence-corrected chi connectivity index (χ0v) is 19.6. The molecular formula is C24H30F2N6O2. The van der Waals surface area contributed by atoms with Crippen molar-refractivity contribution < 1.29 is 18.6 Å². The van der Waals surface area contributed by atoms with Gasteiger partial charge >= 0.3 is 0 Å². The topological polar surface area (TPSA) is 79.5 Å². The average molecular weight is 473 g/mol. The molecular weight excluding hydrogens is 442 g/mol. The molecule has 4 rings (SSSR count). The van der Waals surface area contributed by atoms with Crippen molar-refractivity contribution in [1.29, 1.82) is 0 Å². The number of aliphatic hydroxyl groups is 1. The van der Waals surface area contributed by atoms with Crippen molar-refractivity contribution in [2.45, 2.75) is 45.1 Å². The standard InChI is InChI=1S/C24H30F2N6O2/c1-17(2)34-23-6-4-5-22(29-23)31-11-9-30(10-12-31)18(3)24(33,14-32-16-27-15-28-32)20-8-7-19(25)13-21(20)26/h4-8,13,15-18,33H,9-12,14H2,1-3H3. The van der Waals surface area contributed by atoms with Crippen molar-refractivity contribution in [2.75, 3.05) is 31.1 Å². The molecule has 2 aromatic heterocycles. The SMILES string of the molecule is CC(C)Oc1cccc(N2CCN(C(C)C(O)(Cn3cncn3)c3ccc(F)cc3F)CC2)n1. The van der Waals surface area contributed by atoms with E-state index >= 15 is 0 Å². The lowest BCUT2D eigenvalue weighted by Crippen LogP contribution is -2.57. The molecule has 2 atom stereocenters. The number of piperazine rings is 1. The highest BCUT2D eigenvalue weighted by atomic mass is 19.1. The molecule has 1 N–H and O–H groups in total. The maximum atomic E-state index is 14.8. The van der Waals surface area contributed by atoms with Crippen LogP contribution in [0.25, 0.3) is 0 Å². The number of hydrogen-bond acceptors (Lipinski definition) is 7. The lowest BCUT2D eigenvalue weighted by atomic mass is 9.85. The van der Waals surface area contributed by atoms with Crippen LogP contribution >= 0.6 is 0 Å². The Labute approximate surface area is 197 Å². The van der Waals surface area contributed by atoms with E-state index in [0.717, 1.165) is 18.0 Å². The largest absolute Gasteiger partial charge is 0.475 e. The highest BCUT2D eigenvalue weighted by Gasteiger charge is 2.42. The predicted octanol–water partition coefficient (Wildman–Crippen LogP) is 2.84. The van der Waals surface area contributed by atoms with E-state index in [1.165, 1.54) is 23.4 Å². The Morgan fingerprint density at radius 1 is 1.09 bits per heavy atom. The summed E-state index contributed by atoms with van der Waals surface area (Å²) < 4.78 is 35.6. The Hall–Kier alpha value is -3.11. The van der Waals surface area contributed by atoms with E-state index in [1.807, 2.05) is 39.0 Å². The molecule has 0 amide bonds. The molecule has 2 unspecified atom stereocenters. The van der Waals surface area contributed by atoms with Crippen molar-refractivity contribution >= 4 is 5.82 Å².